The maximum Gasteiger partial charge on any atom is 0.337 e. The molecular formula is C17H15NO2. The molecular weight excluding hydrogens is 250 g/mol. The summed E-state index contributed by atoms with van der Waals surface area (Å²) in [5.41, 5.74) is 2.22. The first kappa shape index (κ1) is 12.5. The van der Waals surface area contributed by atoms with Crippen molar-refractivity contribution >= 4 is 16.7 Å². The Morgan fingerprint density at radius 1 is 1.10 bits per heavy atom. The van der Waals surface area contributed by atoms with E-state index in [2.05, 4.69) is 18.2 Å². The number of carbonyl (C=O) groups is 1. The minimum Gasteiger partial charge on any atom is -0.478 e. The summed E-state index contributed by atoms with van der Waals surface area (Å²) < 4.78 is 1.98. The van der Waals surface area contributed by atoms with Gasteiger partial charge in [0.1, 0.15) is 0 Å². The Kier molecular flexibility index (Phi) is 3.03. The number of fused-ring (bicyclic) bond motifs is 1. The zero-order chi connectivity index (χ0) is 14.1. The van der Waals surface area contributed by atoms with E-state index in [1.165, 1.54) is 0 Å². The van der Waals surface area contributed by atoms with Crippen molar-refractivity contribution in [2.45, 2.75) is 13.3 Å². The molecule has 20 heavy (non-hydrogen) atoms. The summed E-state index contributed by atoms with van der Waals surface area (Å²) in [5, 5.41) is 11.5. The summed E-state index contributed by atoms with van der Waals surface area (Å²) in [7, 11) is 0. The molecule has 0 saturated carbocycles. The highest BCUT2D eigenvalue weighted by Crippen LogP contribution is 2.25. The molecule has 1 aromatic heterocycles. The van der Waals surface area contributed by atoms with Crippen LogP contribution in [0.3, 0.4) is 0 Å². The topological polar surface area (TPSA) is 42.2 Å². The maximum absolute atomic E-state index is 11.3. The smallest absolute Gasteiger partial charge is 0.337 e. The summed E-state index contributed by atoms with van der Waals surface area (Å²) in [6.07, 6.45) is 2.52. The molecule has 0 aliphatic rings. The average Bonchev–Trinajstić information content (AvgIpc) is 2.90. The molecule has 0 fully saturated rings. The largest absolute Gasteiger partial charge is 0.478 e. The Morgan fingerprint density at radius 3 is 2.60 bits per heavy atom. The van der Waals surface area contributed by atoms with E-state index >= 15 is 0 Å². The van der Waals surface area contributed by atoms with E-state index in [0.29, 0.717) is 12.0 Å². The van der Waals surface area contributed by atoms with E-state index < -0.39 is 5.97 Å². The monoisotopic (exact) mass is 265 g/mol. The number of carboxylic acids is 1. The van der Waals surface area contributed by atoms with Crippen LogP contribution >= 0.6 is 0 Å². The SMILES string of the molecule is CCc1c(C(=O)O)ccn1-c1cccc2ccccc12. The first-order valence-electron chi connectivity index (χ1n) is 6.64. The van der Waals surface area contributed by atoms with Crippen LogP contribution in [0.4, 0.5) is 0 Å². The second kappa shape index (κ2) is 4.85. The van der Waals surface area contributed by atoms with Crippen LogP contribution in [0.2, 0.25) is 0 Å². The van der Waals surface area contributed by atoms with Gasteiger partial charge in [-0.2, -0.15) is 0 Å². The lowest BCUT2D eigenvalue weighted by Crippen LogP contribution is -2.04. The molecule has 100 valence electrons. The van der Waals surface area contributed by atoms with Gasteiger partial charge in [-0.3, -0.25) is 0 Å². The highest BCUT2D eigenvalue weighted by Gasteiger charge is 2.15. The fourth-order valence-electron chi connectivity index (χ4n) is 2.66. The third-order valence-electron chi connectivity index (χ3n) is 3.58. The lowest BCUT2D eigenvalue weighted by atomic mass is 10.1. The molecule has 3 nitrogen and oxygen atoms in total. The van der Waals surface area contributed by atoms with E-state index in [4.69, 9.17) is 0 Å². The van der Waals surface area contributed by atoms with Gasteiger partial charge < -0.3 is 9.67 Å². The maximum atomic E-state index is 11.3. The Labute approximate surface area is 117 Å². The second-order valence-electron chi connectivity index (χ2n) is 4.70. The summed E-state index contributed by atoms with van der Waals surface area (Å²) in [6, 6.07) is 15.9. The third-order valence-corrected chi connectivity index (χ3v) is 3.58. The van der Waals surface area contributed by atoms with E-state index in [9.17, 15) is 9.90 Å². The van der Waals surface area contributed by atoms with Crippen molar-refractivity contribution in [2.24, 2.45) is 0 Å². The lowest BCUT2D eigenvalue weighted by molar-refractivity contribution is 0.0696. The van der Waals surface area contributed by atoms with Crippen molar-refractivity contribution in [1.29, 1.82) is 0 Å². The molecule has 3 aromatic rings. The summed E-state index contributed by atoms with van der Waals surface area (Å²) in [4.78, 5) is 11.3. The van der Waals surface area contributed by atoms with Crippen molar-refractivity contribution in [3.05, 3.63) is 66.0 Å². The quantitative estimate of drug-likeness (QED) is 0.780. The number of aromatic nitrogens is 1. The zero-order valence-electron chi connectivity index (χ0n) is 11.2. The van der Waals surface area contributed by atoms with E-state index in [1.54, 1.807) is 6.07 Å². The molecule has 0 unspecified atom stereocenters. The fraction of sp³-hybridized carbons (Fsp3) is 0.118. The van der Waals surface area contributed by atoms with Crippen LogP contribution in [0, 0.1) is 0 Å². The molecule has 0 radical (unpaired) electrons. The van der Waals surface area contributed by atoms with Gasteiger partial charge in [0, 0.05) is 17.3 Å². The van der Waals surface area contributed by atoms with Gasteiger partial charge in [-0.1, -0.05) is 43.3 Å². The van der Waals surface area contributed by atoms with E-state index in [-0.39, 0.29) is 0 Å². The van der Waals surface area contributed by atoms with E-state index in [1.807, 2.05) is 42.0 Å². The van der Waals surface area contributed by atoms with Crippen LogP contribution in [0.5, 0.6) is 0 Å². The first-order chi connectivity index (χ1) is 9.72. The number of nitrogens with zero attached hydrogens (tertiary/aromatic N) is 1. The van der Waals surface area contributed by atoms with Gasteiger partial charge in [0.15, 0.2) is 0 Å². The minimum atomic E-state index is -0.874. The van der Waals surface area contributed by atoms with E-state index in [0.717, 1.165) is 22.2 Å². The van der Waals surface area contributed by atoms with Crippen molar-refractivity contribution in [3.8, 4) is 5.69 Å². The number of hydrogen-bond donors (Lipinski definition) is 1. The molecule has 0 amide bonds. The Hall–Kier alpha value is -2.55. The summed E-state index contributed by atoms with van der Waals surface area (Å²) in [5.74, 6) is -0.874. The predicted octanol–water partition coefficient (Wildman–Crippen LogP) is 3.89. The Bertz CT molecular complexity index is 781. The molecule has 3 rings (SSSR count). The molecule has 0 aliphatic carbocycles. The third kappa shape index (κ3) is 1.88. The van der Waals surface area contributed by atoms with Crippen molar-refractivity contribution in [3.63, 3.8) is 0 Å². The van der Waals surface area contributed by atoms with Gasteiger partial charge in [-0.15, -0.1) is 0 Å². The number of benzene rings is 2. The molecule has 0 bridgehead atoms. The Balaban J connectivity index is 2.29. The molecule has 3 heteroatoms. The van der Waals surface area contributed by atoms with Crippen LogP contribution in [0.25, 0.3) is 16.5 Å². The molecule has 1 heterocycles. The summed E-state index contributed by atoms with van der Waals surface area (Å²) >= 11 is 0. The number of hydrogen-bond acceptors (Lipinski definition) is 1. The van der Waals surface area contributed by atoms with Crippen molar-refractivity contribution < 1.29 is 9.90 Å². The molecule has 0 aliphatic heterocycles. The highest BCUT2D eigenvalue weighted by atomic mass is 16.4. The summed E-state index contributed by atoms with van der Waals surface area (Å²) in [6.45, 7) is 1.98. The normalized spacial score (nSPS) is 10.8. The highest BCUT2D eigenvalue weighted by molar-refractivity contribution is 5.92. The Morgan fingerprint density at radius 2 is 1.85 bits per heavy atom. The van der Waals surface area contributed by atoms with Crippen LogP contribution < -0.4 is 0 Å². The fourth-order valence-corrected chi connectivity index (χ4v) is 2.66. The van der Waals surface area contributed by atoms with Crippen molar-refractivity contribution in [2.75, 3.05) is 0 Å². The first-order valence-corrected chi connectivity index (χ1v) is 6.64. The van der Waals surface area contributed by atoms with Gasteiger partial charge in [0.05, 0.1) is 11.3 Å². The van der Waals surface area contributed by atoms with Crippen molar-refractivity contribution in [1.82, 2.24) is 4.57 Å². The molecule has 2 aromatic carbocycles. The number of carboxylic acid groups (broad SMARTS) is 1. The molecule has 0 atom stereocenters. The standard InChI is InChI=1S/C17H15NO2/c1-2-15-14(17(19)20)10-11-18(15)16-9-5-7-12-6-3-4-8-13(12)16/h3-11H,2H2,1H3,(H,19,20). The molecule has 0 saturated heterocycles. The second-order valence-corrected chi connectivity index (χ2v) is 4.70. The van der Waals surface area contributed by atoms with Crippen LogP contribution in [-0.2, 0) is 6.42 Å². The number of rotatable bonds is 3. The van der Waals surface area contributed by atoms with Crippen LogP contribution in [0.1, 0.15) is 23.0 Å². The van der Waals surface area contributed by atoms with Gasteiger partial charge in [-0.25, -0.2) is 4.79 Å². The van der Waals surface area contributed by atoms with Gasteiger partial charge >= 0.3 is 5.97 Å². The molecule has 1 N–H and O–H groups in total. The zero-order valence-corrected chi connectivity index (χ0v) is 11.2. The van der Waals surface area contributed by atoms with Crippen LogP contribution in [0.15, 0.2) is 54.7 Å². The molecule has 0 spiro atoms. The lowest BCUT2D eigenvalue weighted by Gasteiger charge is -2.12. The minimum absolute atomic E-state index is 0.375. The van der Waals surface area contributed by atoms with Gasteiger partial charge in [0.25, 0.3) is 0 Å². The van der Waals surface area contributed by atoms with Gasteiger partial charge in [-0.05, 0) is 23.9 Å². The predicted molar refractivity (Wildman–Crippen MR) is 79.6 cm³/mol. The van der Waals surface area contributed by atoms with Gasteiger partial charge in [0.2, 0.25) is 0 Å². The van der Waals surface area contributed by atoms with Crippen LogP contribution in [-0.4, -0.2) is 15.6 Å². The number of aromatic carboxylic acids is 1. The average molecular weight is 265 g/mol.